The number of benzene rings is 2. The highest BCUT2D eigenvalue weighted by molar-refractivity contribution is 7.16. The lowest BCUT2D eigenvalue weighted by Gasteiger charge is -2.21. The van der Waals surface area contributed by atoms with Crippen molar-refractivity contribution < 1.29 is 19.1 Å². The van der Waals surface area contributed by atoms with E-state index in [4.69, 9.17) is 21.1 Å². The predicted octanol–water partition coefficient (Wildman–Crippen LogP) is 5.14. The Morgan fingerprint density at radius 2 is 2.00 bits per heavy atom. The summed E-state index contributed by atoms with van der Waals surface area (Å²) in [7, 11) is 0. The zero-order valence-electron chi connectivity index (χ0n) is 17.2. The van der Waals surface area contributed by atoms with Gasteiger partial charge in [0.15, 0.2) is 16.6 Å². The van der Waals surface area contributed by atoms with Gasteiger partial charge in [0.25, 0.3) is 5.91 Å². The first-order chi connectivity index (χ1) is 15.5. The molecule has 0 saturated heterocycles. The third kappa shape index (κ3) is 3.91. The van der Waals surface area contributed by atoms with Crippen LogP contribution in [0.2, 0.25) is 5.02 Å². The number of nitrogens with zero attached hydrogens (tertiary/aromatic N) is 1. The standard InChI is InChI=1S/C23H20ClN3O4S/c1-12-15(24)5-3-6-16(12)25-22(29)14-4-2-7-19-20(14)26-23(32-19)27-21(28)13-8-9-17-18(10-13)31-11-30-17/h3,5-6,8-10,14H,2,4,7,11H2,1H3,(H,25,29)(H,26,27,28). The van der Waals surface area contributed by atoms with Crippen molar-refractivity contribution in [1.29, 1.82) is 0 Å². The van der Waals surface area contributed by atoms with Gasteiger partial charge in [0, 0.05) is 21.2 Å². The Bertz CT molecular complexity index is 1230. The molecule has 32 heavy (non-hydrogen) atoms. The number of ether oxygens (including phenoxy) is 2. The molecule has 0 fully saturated rings. The Morgan fingerprint density at radius 3 is 2.88 bits per heavy atom. The van der Waals surface area contributed by atoms with E-state index in [2.05, 4.69) is 15.6 Å². The lowest BCUT2D eigenvalue weighted by molar-refractivity contribution is -0.117. The third-order valence-corrected chi connectivity index (χ3v) is 7.11. The van der Waals surface area contributed by atoms with Crippen LogP contribution in [0.4, 0.5) is 10.8 Å². The summed E-state index contributed by atoms with van der Waals surface area (Å²) in [5.41, 5.74) is 2.71. The minimum Gasteiger partial charge on any atom is -0.454 e. The summed E-state index contributed by atoms with van der Waals surface area (Å²) in [5, 5.41) is 6.93. The minimum atomic E-state index is -0.371. The number of carbonyl (C=O) groups excluding carboxylic acids is 2. The molecule has 2 N–H and O–H groups in total. The second-order valence-corrected chi connectivity index (χ2v) is 9.19. The second kappa shape index (κ2) is 8.44. The molecule has 0 saturated carbocycles. The van der Waals surface area contributed by atoms with Gasteiger partial charge in [-0.25, -0.2) is 4.98 Å². The van der Waals surface area contributed by atoms with Gasteiger partial charge in [-0.2, -0.15) is 0 Å². The smallest absolute Gasteiger partial charge is 0.257 e. The van der Waals surface area contributed by atoms with E-state index in [9.17, 15) is 9.59 Å². The zero-order valence-corrected chi connectivity index (χ0v) is 18.8. The summed E-state index contributed by atoms with van der Waals surface area (Å²) in [4.78, 5) is 31.4. The van der Waals surface area contributed by atoms with Crippen molar-refractivity contribution in [2.45, 2.75) is 32.1 Å². The monoisotopic (exact) mass is 469 g/mol. The average Bonchev–Trinajstić information content (AvgIpc) is 3.42. The molecule has 7 nitrogen and oxygen atoms in total. The summed E-state index contributed by atoms with van der Waals surface area (Å²) in [6.07, 6.45) is 2.43. The molecule has 0 radical (unpaired) electrons. The van der Waals surface area contributed by atoms with Crippen LogP contribution in [0, 0.1) is 6.92 Å². The normalized spacial score (nSPS) is 16.4. The number of hydrogen-bond donors (Lipinski definition) is 2. The molecule has 3 aromatic rings. The Balaban J connectivity index is 1.33. The quantitative estimate of drug-likeness (QED) is 0.552. The van der Waals surface area contributed by atoms with Gasteiger partial charge in [-0.1, -0.05) is 17.7 Å². The van der Waals surface area contributed by atoms with E-state index < -0.39 is 0 Å². The van der Waals surface area contributed by atoms with Crippen LogP contribution in [0.5, 0.6) is 11.5 Å². The number of carbonyl (C=O) groups is 2. The number of amides is 2. The topological polar surface area (TPSA) is 89.6 Å². The van der Waals surface area contributed by atoms with Gasteiger partial charge in [0.1, 0.15) is 0 Å². The van der Waals surface area contributed by atoms with E-state index in [0.29, 0.717) is 39.3 Å². The van der Waals surface area contributed by atoms with Crippen molar-refractivity contribution in [3.05, 3.63) is 63.1 Å². The molecule has 9 heteroatoms. The maximum absolute atomic E-state index is 13.1. The Morgan fingerprint density at radius 1 is 1.16 bits per heavy atom. The number of aromatic nitrogens is 1. The maximum Gasteiger partial charge on any atom is 0.257 e. The van der Waals surface area contributed by atoms with Crippen molar-refractivity contribution >= 4 is 45.6 Å². The van der Waals surface area contributed by atoms with Crippen molar-refractivity contribution in [2.75, 3.05) is 17.4 Å². The molecule has 2 aliphatic rings. The lowest BCUT2D eigenvalue weighted by Crippen LogP contribution is -2.25. The van der Waals surface area contributed by atoms with Gasteiger partial charge < -0.3 is 14.8 Å². The van der Waals surface area contributed by atoms with Crippen molar-refractivity contribution in [3.8, 4) is 11.5 Å². The number of thiazole rings is 1. The lowest BCUT2D eigenvalue weighted by atomic mass is 9.90. The molecular formula is C23H20ClN3O4S. The molecule has 2 aromatic carbocycles. The molecule has 5 rings (SSSR count). The highest BCUT2D eigenvalue weighted by atomic mass is 35.5. The van der Waals surface area contributed by atoms with E-state index in [0.717, 1.165) is 29.0 Å². The maximum atomic E-state index is 13.1. The molecular weight excluding hydrogens is 450 g/mol. The highest BCUT2D eigenvalue weighted by Gasteiger charge is 2.31. The van der Waals surface area contributed by atoms with Crippen LogP contribution >= 0.6 is 22.9 Å². The molecule has 2 amide bonds. The summed E-state index contributed by atoms with van der Waals surface area (Å²) >= 11 is 7.60. The van der Waals surface area contributed by atoms with E-state index >= 15 is 0 Å². The molecule has 2 heterocycles. The van der Waals surface area contributed by atoms with Crippen LogP contribution in [-0.2, 0) is 11.2 Å². The zero-order chi connectivity index (χ0) is 22.2. The first kappa shape index (κ1) is 20.8. The summed E-state index contributed by atoms with van der Waals surface area (Å²) in [6, 6.07) is 10.5. The van der Waals surface area contributed by atoms with Crippen LogP contribution in [-0.4, -0.2) is 23.6 Å². The van der Waals surface area contributed by atoms with Gasteiger partial charge >= 0.3 is 0 Å². The first-order valence-corrected chi connectivity index (χ1v) is 11.5. The fourth-order valence-corrected chi connectivity index (χ4v) is 5.13. The van der Waals surface area contributed by atoms with Crippen molar-refractivity contribution in [3.63, 3.8) is 0 Å². The molecule has 1 aliphatic heterocycles. The highest BCUT2D eigenvalue weighted by Crippen LogP contribution is 2.38. The second-order valence-electron chi connectivity index (χ2n) is 7.70. The SMILES string of the molecule is Cc1c(Cl)cccc1NC(=O)C1CCCc2sc(NC(=O)c3ccc4c(c3)OCO4)nc21. The van der Waals surface area contributed by atoms with Crippen LogP contribution in [0.25, 0.3) is 0 Å². The van der Waals surface area contributed by atoms with Gasteiger partial charge in [-0.3, -0.25) is 14.9 Å². The van der Waals surface area contributed by atoms with Crippen LogP contribution in [0.1, 0.15) is 45.3 Å². The molecule has 164 valence electrons. The first-order valence-electron chi connectivity index (χ1n) is 10.3. The molecule has 0 spiro atoms. The average molecular weight is 470 g/mol. The van der Waals surface area contributed by atoms with Crippen LogP contribution < -0.4 is 20.1 Å². The summed E-state index contributed by atoms with van der Waals surface area (Å²) < 4.78 is 10.6. The van der Waals surface area contributed by atoms with Crippen molar-refractivity contribution in [1.82, 2.24) is 4.98 Å². The summed E-state index contributed by atoms with van der Waals surface area (Å²) in [5.74, 6) is 0.393. The minimum absolute atomic E-state index is 0.115. The number of rotatable bonds is 4. The molecule has 0 bridgehead atoms. The van der Waals surface area contributed by atoms with Gasteiger partial charge in [-0.05, 0) is 62.1 Å². The largest absolute Gasteiger partial charge is 0.454 e. The fourth-order valence-electron chi connectivity index (χ4n) is 3.90. The Labute approximate surface area is 193 Å². The fraction of sp³-hybridized carbons (Fsp3) is 0.261. The van der Waals surface area contributed by atoms with Gasteiger partial charge in [0.05, 0.1) is 11.6 Å². The van der Waals surface area contributed by atoms with Gasteiger partial charge in [-0.15, -0.1) is 11.3 Å². The number of anilines is 2. The van der Waals surface area contributed by atoms with E-state index in [-0.39, 0.29) is 24.5 Å². The van der Waals surface area contributed by atoms with Gasteiger partial charge in [0.2, 0.25) is 12.7 Å². The molecule has 1 aromatic heterocycles. The molecule has 1 aliphatic carbocycles. The summed E-state index contributed by atoms with van der Waals surface area (Å²) in [6.45, 7) is 2.02. The Kier molecular flexibility index (Phi) is 5.48. The molecule has 1 atom stereocenters. The molecule has 1 unspecified atom stereocenters. The van der Waals surface area contributed by atoms with Crippen LogP contribution in [0.3, 0.4) is 0 Å². The number of aryl methyl sites for hydroxylation is 1. The Hall–Kier alpha value is -3.10. The predicted molar refractivity (Wildman–Crippen MR) is 123 cm³/mol. The number of halogens is 1. The van der Waals surface area contributed by atoms with Crippen LogP contribution in [0.15, 0.2) is 36.4 Å². The van der Waals surface area contributed by atoms with E-state index in [1.165, 1.54) is 11.3 Å². The number of hydrogen-bond acceptors (Lipinski definition) is 6. The van der Waals surface area contributed by atoms with Crippen molar-refractivity contribution in [2.24, 2.45) is 0 Å². The third-order valence-electron chi connectivity index (χ3n) is 5.65. The number of nitrogens with one attached hydrogen (secondary N) is 2. The van der Waals surface area contributed by atoms with E-state index in [1.807, 2.05) is 19.1 Å². The van der Waals surface area contributed by atoms with E-state index in [1.54, 1.807) is 24.3 Å². The number of fused-ring (bicyclic) bond motifs is 2.